The molecule has 0 bridgehead atoms. The van der Waals surface area contributed by atoms with Crippen molar-refractivity contribution in [2.45, 2.75) is 49.6 Å². The molecule has 55 heavy (non-hydrogen) atoms. The Labute approximate surface area is 344 Å². The van der Waals surface area contributed by atoms with Gasteiger partial charge in [-0.3, -0.25) is 9.79 Å². The summed E-state index contributed by atoms with van der Waals surface area (Å²) in [5.41, 5.74) is 20.0. The van der Waals surface area contributed by atoms with Gasteiger partial charge in [-0.2, -0.15) is 10.5 Å². The second-order valence-corrected chi connectivity index (χ2v) is 14.2. The Hall–Kier alpha value is -4.81. The van der Waals surface area contributed by atoms with Crippen LogP contribution in [0.2, 0.25) is 5.02 Å². The minimum absolute atomic E-state index is 0. The van der Waals surface area contributed by atoms with E-state index in [2.05, 4.69) is 32.7 Å². The van der Waals surface area contributed by atoms with Crippen LogP contribution in [0.15, 0.2) is 63.9 Å². The molecule has 0 spiro atoms. The van der Waals surface area contributed by atoms with Crippen molar-refractivity contribution in [1.29, 1.82) is 10.5 Å². The number of pyridine rings is 1. The third kappa shape index (κ3) is 13.2. The van der Waals surface area contributed by atoms with Gasteiger partial charge < -0.3 is 37.7 Å². The average molecular weight is 848 g/mol. The van der Waals surface area contributed by atoms with E-state index in [4.69, 9.17) is 38.5 Å². The summed E-state index contributed by atoms with van der Waals surface area (Å²) in [6.07, 6.45) is 0.837. The van der Waals surface area contributed by atoms with Gasteiger partial charge in [0, 0.05) is 40.4 Å². The van der Waals surface area contributed by atoms with E-state index in [-0.39, 0.29) is 66.8 Å². The highest BCUT2D eigenvalue weighted by molar-refractivity contribution is 7.98. The molecule has 2 aromatic carbocycles. The molecule has 4 rings (SSSR count). The van der Waals surface area contributed by atoms with Crippen molar-refractivity contribution in [3.05, 3.63) is 75.8 Å². The van der Waals surface area contributed by atoms with Gasteiger partial charge in [0.15, 0.2) is 5.96 Å². The predicted octanol–water partition coefficient (Wildman–Crippen LogP) is 5.60. The van der Waals surface area contributed by atoms with E-state index in [1.165, 1.54) is 23.1 Å². The highest BCUT2D eigenvalue weighted by Gasteiger charge is 2.27. The molecule has 0 radical (unpaired) electrons. The van der Waals surface area contributed by atoms with Crippen molar-refractivity contribution in [3.8, 4) is 39.6 Å². The maximum Gasteiger partial charge on any atom is 0.326 e. The zero-order valence-corrected chi connectivity index (χ0v) is 33.8. The number of carboxylic acids is 1. The molecule has 1 amide bonds. The number of aromatic nitrogens is 2. The van der Waals surface area contributed by atoms with Crippen molar-refractivity contribution in [2.75, 3.05) is 25.4 Å². The van der Waals surface area contributed by atoms with Crippen LogP contribution in [0.3, 0.4) is 0 Å². The molecule has 0 saturated carbocycles. The lowest BCUT2D eigenvalue weighted by atomic mass is 9.97. The van der Waals surface area contributed by atoms with Gasteiger partial charge in [-0.1, -0.05) is 61.5 Å². The predicted molar refractivity (Wildman–Crippen MR) is 222 cm³/mol. The number of thioether (sulfide) groups is 1. The number of hydrogen-bond acceptors (Lipinski definition) is 12. The van der Waals surface area contributed by atoms with E-state index in [9.17, 15) is 25.2 Å². The topological polar surface area (TPSA) is 251 Å². The van der Waals surface area contributed by atoms with E-state index in [1.54, 1.807) is 50.2 Å². The number of nitrogens with zero attached hydrogens (tertiary/aromatic N) is 5. The first kappa shape index (κ1) is 46.3. The van der Waals surface area contributed by atoms with Crippen LogP contribution in [0, 0.1) is 28.6 Å². The number of thiazole rings is 1. The summed E-state index contributed by atoms with van der Waals surface area (Å²) in [5.74, 6) is -1.00. The monoisotopic (exact) mass is 846 g/mol. The molecule has 9 N–H and O–H groups in total. The molecular weight excluding hydrogens is 807 g/mol. The minimum Gasteiger partial charge on any atom is -0.492 e. The number of nitrogen functional groups attached to an aromatic ring is 1. The highest BCUT2D eigenvalue weighted by Crippen LogP contribution is 2.37. The third-order valence-electron chi connectivity index (χ3n) is 7.81. The number of aliphatic imine (C=N–C) groups is 1. The van der Waals surface area contributed by atoms with Crippen LogP contribution in [-0.4, -0.2) is 64.7 Å². The first-order chi connectivity index (χ1) is 25.4. The number of aliphatic carboxylic acids is 1. The fourth-order valence-corrected chi connectivity index (χ4v) is 7.09. The van der Waals surface area contributed by atoms with Crippen LogP contribution in [0.1, 0.15) is 43.5 Å². The molecule has 0 saturated heterocycles. The van der Waals surface area contributed by atoms with E-state index in [0.29, 0.717) is 52.1 Å². The van der Waals surface area contributed by atoms with Crippen LogP contribution < -0.4 is 32.6 Å². The Morgan fingerprint density at radius 1 is 1.04 bits per heavy atom. The van der Waals surface area contributed by atoms with Gasteiger partial charge in [0.05, 0.1) is 17.3 Å². The van der Waals surface area contributed by atoms with E-state index in [0.717, 1.165) is 16.3 Å². The maximum atomic E-state index is 13.0. The fourth-order valence-electron chi connectivity index (χ4n) is 5.15. The van der Waals surface area contributed by atoms with Gasteiger partial charge in [-0.05, 0) is 48.6 Å². The Morgan fingerprint density at radius 3 is 2.29 bits per heavy atom. The molecule has 0 aliphatic rings. The number of carbonyl (C=O) groups excluding carboxylic acids is 1. The Morgan fingerprint density at radius 2 is 1.69 bits per heavy atom. The molecule has 4 aromatic rings. The van der Waals surface area contributed by atoms with Gasteiger partial charge in [-0.15, -0.1) is 36.2 Å². The quantitative estimate of drug-likeness (QED) is 0.0309. The fraction of sp³-hybridized carbons (Fsp3) is 0.306. The summed E-state index contributed by atoms with van der Waals surface area (Å²) in [6, 6.07) is 16.8. The largest absolute Gasteiger partial charge is 0.492 e. The number of amides is 1. The number of halogens is 3. The van der Waals surface area contributed by atoms with Crippen molar-refractivity contribution in [3.63, 3.8) is 0 Å². The number of carbonyl (C=O) groups is 2. The van der Waals surface area contributed by atoms with Gasteiger partial charge in [0.25, 0.3) is 0 Å². The molecule has 0 aliphatic carbocycles. The average Bonchev–Trinajstić information content (AvgIpc) is 3.61. The summed E-state index contributed by atoms with van der Waals surface area (Å²) < 4.78 is 5.90. The molecule has 292 valence electrons. The summed E-state index contributed by atoms with van der Waals surface area (Å²) in [7, 11) is 0. The maximum absolute atomic E-state index is 13.0. The van der Waals surface area contributed by atoms with Gasteiger partial charge in [-0.25, -0.2) is 14.8 Å². The van der Waals surface area contributed by atoms with E-state index in [1.807, 2.05) is 17.5 Å². The van der Waals surface area contributed by atoms with Crippen LogP contribution in [-0.2, 0) is 15.3 Å². The number of ether oxygens (including phenoxy) is 1. The molecule has 19 heteroatoms. The molecular formula is C36H41Cl3N10O4S2. The number of guanidine groups is 1. The normalized spacial score (nSPS) is 11.5. The van der Waals surface area contributed by atoms with Crippen molar-refractivity contribution >= 4 is 83.2 Å². The number of anilines is 1. The van der Waals surface area contributed by atoms with Crippen LogP contribution in [0.5, 0.6) is 5.75 Å². The first-order valence-corrected chi connectivity index (χ1v) is 18.7. The van der Waals surface area contributed by atoms with Gasteiger partial charge in [0.2, 0.25) is 5.91 Å². The second kappa shape index (κ2) is 22.5. The van der Waals surface area contributed by atoms with E-state index >= 15 is 0 Å². The lowest BCUT2D eigenvalue weighted by molar-refractivity contribution is -0.143. The number of carboxylic acid groups (broad SMARTS) is 1. The van der Waals surface area contributed by atoms with Gasteiger partial charge >= 0.3 is 5.97 Å². The smallest absolute Gasteiger partial charge is 0.326 e. The van der Waals surface area contributed by atoms with Crippen LogP contribution in [0.4, 0.5) is 5.82 Å². The Kier molecular flexibility index (Phi) is 19.0. The number of nitriles is 2. The van der Waals surface area contributed by atoms with Crippen LogP contribution in [0.25, 0.3) is 21.7 Å². The lowest BCUT2D eigenvalue weighted by Crippen LogP contribution is -2.52. The summed E-state index contributed by atoms with van der Waals surface area (Å²) in [5, 5.41) is 39.3. The lowest BCUT2D eigenvalue weighted by Gasteiger charge is -2.23. The molecule has 2 heterocycles. The van der Waals surface area contributed by atoms with Gasteiger partial charge in [0.1, 0.15) is 52.0 Å². The number of nitrogens with one attached hydrogen (secondary N) is 2. The number of rotatable bonds is 18. The molecule has 2 atom stereocenters. The Balaban J connectivity index is 0.00000523. The minimum atomic E-state index is -1.12. The Bertz CT molecular complexity index is 2010. The number of hydrogen-bond donors (Lipinski definition) is 6. The van der Waals surface area contributed by atoms with E-state index < -0.39 is 24.0 Å². The summed E-state index contributed by atoms with van der Waals surface area (Å²) in [6.45, 7) is 4.18. The van der Waals surface area contributed by atoms with Crippen molar-refractivity contribution in [1.82, 2.24) is 20.6 Å². The highest BCUT2D eigenvalue weighted by atomic mass is 35.5. The molecule has 2 aromatic heterocycles. The van der Waals surface area contributed by atoms with Crippen molar-refractivity contribution in [2.24, 2.45) is 22.4 Å². The third-order valence-corrected chi connectivity index (χ3v) is 10.0. The number of benzene rings is 2. The summed E-state index contributed by atoms with van der Waals surface area (Å²) >= 11 is 8.82. The standard InChI is InChI=1S/C36H39ClN10O4S2.2ClH/c1-20(2)30(35(49)50)46-32(48)28(4-3-13-44-36(41)42)43-14-15-51-25-11-7-21(8-12-25)29-26(16-38)31(40)47-34(27(29)17-39)53-19-24-18-52-33(45-24)22-5-9-23(37)10-6-22;;/h5-12,18,20,28,30,43H,3-4,13-15,19H2,1-2H3,(H2,40,47)(H,46,48)(H,49,50)(H4,41,42,44);2*1H/t28-,30+;;/m0../s1. The van der Waals surface area contributed by atoms with Crippen LogP contribution >= 0.6 is 59.5 Å². The zero-order valence-electron chi connectivity index (χ0n) is 29.8. The first-order valence-electron chi connectivity index (χ1n) is 16.4. The molecule has 0 unspecified atom stereocenters. The SMILES string of the molecule is CC(C)[C@@H](NC(=O)[C@H](CCCN=C(N)N)NCCOc1ccc(-c2c(C#N)c(N)nc(SCc3csc(-c4ccc(Cl)cc4)n3)c2C#N)cc1)C(=O)O.Cl.Cl. The summed E-state index contributed by atoms with van der Waals surface area (Å²) in [4.78, 5) is 37.7. The zero-order chi connectivity index (χ0) is 38.5. The molecule has 0 fully saturated rings. The number of nitrogens with two attached hydrogens (primary N) is 3. The molecule has 14 nitrogen and oxygen atoms in total. The molecule has 0 aliphatic heterocycles. The van der Waals surface area contributed by atoms with Crippen molar-refractivity contribution < 1.29 is 19.4 Å². The second-order valence-electron chi connectivity index (χ2n) is 12.0.